The van der Waals surface area contributed by atoms with Gasteiger partial charge in [-0.25, -0.2) is 0 Å². The molecule has 2 heterocycles. The smallest absolute Gasteiger partial charge is 0.191 e. The molecule has 0 saturated carbocycles. The minimum absolute atomic E-state index is 0. The minimum Gasteiger partial charge on any atom is -0.355 e. The molecular weight excluding hydrogens is 367 g/mol. The molecule has 0 fully saturated rings. The van der Waals surface area contributed by atoms with Crippen molar-refractivity contribution in [3.63, 3.8) is 0 Å². The first-order chi connectivity index (χ1) is 9.38. The zero-order valence-corrected chi connectivity index (χ0v) is 13.9. The monoisotopic (exact) mass is 388 g/mol. The van der Waals surface area contributed by atoms with Gasteiger partial charge in [-0.3, -0.25) is 9.67 Å². The highest BCUT2D eigenvalue weighted by molar-refractivity contribution is 14.0. The number of aromatic nitrogens is 3. The second kappa shape index (κ2) is 9.40. The van der Waals surface area contributed by atoms with Crippen LogP contribution in [0.1, 0.15) is 0 Å². The molecule has 2 rings (SSSR count). The molecule has 0 saturated heterocycles. The lowest BCUT2D eigenvalue weighted by atomic mass is 10.5. The van der Waals surface area contributed by atoms with Gasteiger partial charge in [0, 0.05) is 51.5 Å². The van der Waals surface area contributed by atoms with Gasteiger partial charge in [0.15, 0.2) is 5.96 Å². The standard InChI is InChI=1S/C13H20N6.HI/c1-14-13(15-6-11-18-8-2-3-9-18)16-7-12-19-10-4-5-17-19;/h2-5,8-10H,6-7,11-12H2,1H3,(H2,14,15,16);1H. The van der Waals surface area contributed by atoms with Gasteiger partial charge in [0.05, 0.1) is 6.54 Å². The number of nitrogens with one attached hydrogen (secondary N) is 2. The Morgan fingerprint density at radius 3 is 2.35 bits per heavy atom. The molecule has 0 aliphatic heterocycles. The third kappa shape index (κ3) is 5.64. The number of hydrogen-bond acceptors (Lipinski definition) is 2. The highest BCUT2D eigenvalue weighted by atomic mass is 127. The number of rotatable bonds is 6. The third-order valence-corrected chi connectivity index (χ3v) is 2.74. The van der Waals surface area contributed by atoms with Crippen molar-refractivity contribution in [2.75, 3.05) is 20.1 Å². The molecule has 0 unspecified atom stereocenters. The van der Waals surface area contributed by atoms with Crippen LogP contribution in [-0.4, -0.2) is 40.4 Å². The molecule has 2 aromatic heterocycles. The summed E-state index contributed by atoms with van der Waals surface area (Å²) < 4.78 is 4.02. The van der Waals surface area contributed by atoms with Crippen molar-refractivity contribution in [2.45, 2.75) is 13.1 Å². The lowest BCUT2D eigenvalue weighted by molar-refractivity contribution is 0.594. The van der Waals surface area contributed by atoms with Crippen LogP contribution in [-0.2, 0) is 13.1 Å². The summed E-state index contributed by atoms with van der Waals surface area (Å²) in [7, 11) is 1.78. The number of guanidine groups is 1. The number of halogens is 1. The molecule has 6 nitrogen and oxygen atoms in total. The molecule has 0 aromatic carbocycles. The Kier molecular flexibility index (Phi) is 7.78. The summed E-state index contributed by atoms with van der Waals surface area (Å²) in [5.74, 6) is 0.819. The van der Waals surface area contributed by atoms with E-state index in [1.165, 1.54) is 0 Å². The van der Waals surface area contributed by atoms with E-state index in [0.29, 0.717) is 0 Å². The molecule has 2 aromatic rings. The molecule has 0 atom stereocenters. The lowest BCUT2D eigenvalue weighted by Gasteiger charge is -2.12. The predicted octanol–water partition coefficient (Wildman–Crippen LogP) is 1.17. The predicted molar refractivity (Wildman–Crippen MR) is 91.4 cm³/mol. The number of hydrogen-bond donors (Lipinski definition) is 2. The van der Waals surface area contributed by atoms with Gasteiger partial charge in [0.25, 0.3) is 0 Å². The van der Waals surface area contributed by atoms with Crippen LogP contribution in [0.25, 0.3) is 0 Å². The van der Waals surface area contributed by atoms with Crippen LogP contribution in [0.4, 0.5) is 0 Å². The van der Waals surface area contributed by atoms with Crippen molar-refractivity contribution in [3.8, 4) is 0 Å². The second-order valence-electron chi connectivity index (χ2n) is 4.12. The zero-order valence-electron chi connectivity index (χ0n) is 11.6. The van der Waals surface area contributed by atoms with E-state index < -0.39 is 0 Å². The second-order valence-corrected chi connectivity index (χ2v) is 4.12. The van der Waals surface area contributed by atoms with E-state index in [1.54, 1.807) is 13.2 Å². The SMILES string of the molecule is CN=C(NCCn1cccc1)NCCn1cccn1.I. The van der Waals surface area contributed by atoms with Crippen molar-refractivity contribution in [1.82, 2.24) is 25.0 Å². The van der Waals surface area contributed by atoms with Crippen LogP contribution in [0.2, 0.25) is 0 Å². The molecule has 0 amide bonds. The molecule has 0 aliphatic carbocycles. The van der Waals surface area contributed by atoms with Crippen LogP contribution in [0.3, 0.4) is 0 Å². The van der Waals surface area contributed by atoms with E-state index in [9.17, 15) is 0 Å². The van der Waals surface area contributed by atoms with E-state index in [2.05, 4.69) is 37.7 Å². The Hall–Kier alpha value is -1.51. The molecule has 0 aliphatic rings. The molecule has 0 radical (unpaired) electrons. The molecular formula is C13H21IN6. The summed E-state index contributed by atoms with van der Waals surface area (Å²) in [6.07, 6.45) is 7.83. The Morgan fingerprint density at radius 1 is 1.05 bits per heavy atom. The quantitative estimate of drug-likeness (QED) is 0.444. The van der Waals surface area contributed by atoms with Crippen LogP contribution in [0.5, 0.6) is 0 Å². The average molecular weight is 388 g/mol. The van der Waals surface area contributed by atoms with E-state index in [1.807, 2.05) is 29.1 Å². The highest BCUT2D eigenvalue weighted by Gasteiger charge is 1.97. The zero-order chi connectivity index (χ0) is 13.3. The maximum atomic E-state index is 4.18. The highest BCUT2D eigenvalue weighted by Crippen LogP contribution is 1.88. The fourth-order valence-electron chi connectivity index (χ4n) is 1.76. The molecule has 7 heteroatoms. The topological polar surface area (TPSA) is 59.2 Å². The van der Waals surface area contributed by atoms with Crippen molar-refractivity contribution < 1.29 is 0 Å². The van der Waals surface area contributed by atoms with Crippen molar-refractivity contribution in [2.24, 2.45) is 4.99 Å². The summed E-state index contributed by atoms with van der Waals surface area (Å²) in [4.78, 5) is 4.18. The van der Waals surface area contributed by atoms with Gasteiger partial charge in [0.2, 0.25) is 0 Å². The first-order valence-electron chi connectivity index (χ1n) is 6.41. The first kappa shape index (κ1) is 16.5. The lowest BCUT2D eigenvalue weighted by Crippen LogP contribution is -2.40. The van der Waals surface area contributed by atoms with Gasteiger partial charge in [0.1, 0.15) is 0 Å². The van der Waals surface area contributed by atoms with Crippen molar-refractivity contribution >= 4 is 29.9 Å². The summed E-state index contributed by atoms with van der Waals surface area (Å²) in [6, 6.07) is 5.97. The van der Waals surface area contributed by atoms with Gasteiger partial charge in [-0.1, -0.05) is 0 Å². The molecule has 110 valence electrons. The van der Waals surface area contributed by atoms with Crippen LogP contribution in [0.15, 0.2) is 48.0 Å². The van der Waals surface area contributed by atoms with E-state index in [-0.39, 0.29) is 24.0 Å². The maximum absolute atomic E-state index is 4.18. The summed E-state index contributed by atoms with van der Waals surface area (Å²) >= 11 is 0. The summed E-state index contributed by atoms with van der Waals surface area (Å²) in [6.45, 7) is 3.39. The van der Waals surface area contributed by atoms with Crippen LogP contribution < -0.4 is 10.6 Å². The normalized spacial score (nSPS) is 10.9. The number of nitrogens with zero attached hydrogens (tertiary/aromatic N) is 4. The molecule has 2 N–H and O–H groups in total. The molecule has 20 heavy (non-hydrogen) atoms. The Bertz CT molecular complexity index is 435. The Labute approximate surface area is 136 Å². The summed E-state index contributed by atoms with van der Waals surface area (Å²) in [5.41, 5.74) is 0. The molecule has 0 spiro atoms. The largest absolute Gasteiger partial charge is 0.355 e. The van der Waals surface area contributed by atoms with Gasteiger partial charge >= 0.3 is 0 Å². The van der Waals surface area contributed by atoms with Crippen LogP contribution >= 0.6 is 24.0 Å². The third-order valence-electron chi connectivity index (χ3n) is 2.74. The minimum atomic E-state index is 0. The van der Waals surface area contributed by atoms with Gasteiger partial charge in [-0.15, -0.1) is 24.0 Å². The maximum Gasteiger partial charge on any atom is 0.191 e. The number of aliphatic imine (C=N–C) groups is 1. The average Bonchev–Trinajstić information content (AvgIpc) is 3.10. The fraction of sp³-hybridized carbons (Fsp3) is 0.385. The summed E-state index contributed by atoms with van der Waals surface area (Å²) in [5, 5.41) is 10.7. The van der Waals surface area contributed by atoms with Gasteiger partial charge in [-0.05, 0) is 18.2 Å². The molecule has 0 bridgehead atoms. The Morgan fingerprint density at radius 2 is 1.75 bits per heavy atom. The van der Waals surface area contributed by atoms with E-state index >= 15 is 0 Å². The van der Waals surface area contributed by atoms with Crippen molar-refractivity contribution in [1.29, 1.82) is 0 Å². The Balaban J connectivity index is 0.00000200. The van der Waals surface area contributed by atoms with E-state index in [0.717, 1.165) is 32.1 Å². The van der Waals surface area contributed by atoms with E-state index in [4.69, 9.17) is 0 Å². The van der Waals surface area contributed by atoms with Crippen molar-refractivity contribution in [3.05, 3.63) is 43.0 Å². The first-order valence-corrected chi connectivity index (χ1v) is 6.41. The fourth-order valence-corrected chi connectivity index (χ4v) is 1.76. The van der Waals surface area contributed by atoms with Gasteiger partial charge in [-0.2, -0.15) is 5.10 Å². The van der Waals surface area contributed by atoms with Crippen LogP contribution in [0, 0.1) is 0 Å². The van der Waals surface area contributed by atoms with Gasteiger partial charge < -0.3 is 15.2 Å².